The highest BCUT2D eigenvalue weighted by atomic mass is 79.9. The average Bonchev–Trinajstić information content (AvgIpc) is 2.27. The number of benzene rings is 1. The standard InChI is InChI=1S/C15H23BrO/c1-11(2)13-7-6-12(3)14(8-13)17-10-15(4,5)9-16/h6-8,11H,9-10H2,1-5H3. The highest BCUT2D eigenvalue weighted by Crippen LogP contribution is 2.26. The van der Waals surface area contributed by atoms with Crippen molar-refractivity contribution in [3.8, 4) is 5.75 Å². The van der Waals surface area contributed by atoms with Crippen LogP contribution in [0.5, 0.6) is 5.75 Å². The lowest BCUT2D eigenvalue weighted by Crippen LogP contribution is -2.23. The van der Waals surface area contributed by atoms with Crippen LogP contribution in [0.15, 0.2) is 18.2 Å². The molecule has 0 N–H and O–H groups in total. The van der Waals surface area contributed by atoms with E-state index in [0.717, 1.165) is 17.7 Å². The van der Waals surface area contributed by atoms with Crippen molar-refractivity contribution in [3.05, 3.63) is 29.3 Å². The van der Waals surface area contributed by atoms with E-state index >= 15 is 0 Å². The van der Waals surface area contributed by atoms with Crippen LogP contribution < -0.4 is 4.74 Å². The van der Waals surface area contributed by atoms with Gasteiger partial charge in [-0.05, 0) is 30.0 Å². The van der Waals surface area contributed by atoms with Gasteiger partial charge in [0.25, 0.3) is 0 Å². The van der Waals surface area contributed by atoms with Crippen molar-refractivity contribution in [2.45, 2.75) is 40.5 Å². The molecule has 1 aromatic rings. The molecule has 0 aromatic heterocycles. The molecule has 0 amide bonds. The van der Waals surface area contributed by atoms with E-state index in [1.54, 1.807) is 0 Å². The Hall–Kier alpha value is -0.500. The third-order valence-corrected chi connectivity index (χ3v) is 4.38. The Kier molecular flexibility index (Phi) is 5.05. The lowest BCUT2D eigenvalue weighted by Gasteiger charge is -2.23. The summed E-state index contributed by atoms with van der Waals surface area (Å²) in [4.78, 5) is 0. The summed E-state index contributed by atoms with van der Waals surface area (Å²) < 4.78 is 5.95. The van der Waals surface area contributed by atoms with Gasteiger partial charge in [0.1, 0.15) is 5.75 Å². The molecular weight excluding hydrogens is 276 g/mol. The average molecular weight is 299 g/mol. The highest BCUT2D eigenvalue weighted by Gasteiger charge is 2.17. The minimum atomic E-state index is 0.167. The quantitative estimate of drug-likeness (QED) is 0.701. The van der Waals surface area contributed by atoms with Crippen LogP contribution in [0.25, 0.3) is 0 Å². The fourth-order valence-electron chi connectivity index (χ4n) is 1.44. The Balaban J connectivity index is 2.80. The summed E-state index contributed by atoms with van der Waals surface area (Å²) in [5, 5.41) is 0.947. The maximum atomic E-state index is 5.95. The van der Waals surface area contributed by atoms with Crippen molar-refractivity contribution < 1.29 is 4.74 Å². The molecule has 0 spiro atoms. The number of ether oxygens (including phenoxy) is 1. The Labute approximate surface area is 114 Å². The number of halogens is 1. The molecule has 0 aliphatic rings. The van der Waals surface area contributed by atoms with E-state index in [0.29, 0.717) is 5.92 Å². The summed E-state index contributed by atoms with van der Waals surface area (Å²) >= 11 is 3.52. The number of rotatable bonds is 5. The van der Waals surface area contributed by atoms with Gasteiger partial charge in [-0.2, -0.15) is 0 Å². The van der Waals surface area contributed by atoms with Gasteiger partial charge in [-0.15, -0.1) is 0 Å². The molecule has 0 atom stereocenters. The van der Waals surface area contributed by atoms with Crippen molar-refractivity contribution in [2.24, 2.45) is 5.41 Å². The fourth-order valence-corrected chi connectivity index (χ4v) is 1.60. The van der Waals surface area contributed by atoms with Crippen molar-refractivity contribution >= 4 is 15.9 Å². The number of hydrogen-bond donors (Lipinski definition) is 0. The van der Waals surface area contributed by atoms with Crippen molar-refractivity contribution in [2.75, 3.05) is 11.9 Å². The summed E-state index contributed by atoms with van der Waals surface area (Å²) in [7, 11) is 0. The van der Waals surface area contributed by atoms with Gasteiger partial charge in [-0.3, -0.25) is 0 Å². The number of aryl methyl sites for hydroxylation is 1. The van der Waals surface area contributed by atoms with Crippen LogP contribution in [0.3, 0.4) is 0 Å². The third kappa shape index (κ3) is 4.34. The summed E-state index contributed by atoms with van der Waals surface area (Å²) in [5.41, 5.74) is 2.71. The zero-order valence-corrected chi connectivity index (χ0v) is 13.1. The molecule has 0 saturated carbocycles. The zero-order chi connectivity index (χ0) is 13.1. The molecule has 0 unspecified atom stereocenters. The molecule has 1 nitrogen and oxygen atoms in total. The zero-order valence-electron chi connectivity index (χ0n) is 11.5. The molecule has 1 rings (SSSR count). The first-order valence-corrected chi connectivity index (χ1v) is 7.27. The van der Waals surface area contributed by atoms with E-state index in [2.05, 4.69) is 68.7 Å². The summed E-state index contributed by atoms with van der Waals surface area (Å²) in [6.45, 7) is 11.6. The van der Waals surface area contributed by atoms with Gasteiger partial charge in [0.05, 0.1) is 6.61 Å². The monoisotopic (exact) mass is 298 g/mol. The van der Waals surface area contributed by atoms with Crippen molar-refractivity contribution in [3.63, 3.8) is 0 Å². The largest absolute Gasteiger partial charge is 0.493 e. The smallest absolute Gasteiger partial charge is 0.122 e. The lowest BCUT2D eigenvalue weighted by molar-refractivity contribution is 0.202. The van der Waals surface area contributed by atoms with Gasteiger partial charge in [0, 0.05) is 10.7 Å². The molecule has 0 heterocycles. The van der Waals surface area contributed by atoms with Crippen molar-refractivity contribution in [1.82, 2.24) is 0 Å². The Bertz CT molecular complexity index is 369. The minimum absolute atomic E-state index is 0.167. The first-order chi connectivity index (χ1) is 7.85. The van der Waals surface area contributed by atoms with Crippen LogP contribution in [0.4, 0.5) is 0 Å². The maximum Gasteiger partial charge on any atom is 0.122 e. The van der Waals surface area contributed by atoms with E-state index in [9.17, 15) is 0 Å². The minimum Gasteiger partial charge on any atom is -0.493 e. The van der Waals surface area contributed by atoms with Crippen LogP contribution in [0.2, 0.25) is 0 Å². The molecule has 0 saturated heterocycles. The second kappa shape index (κ2) is 5.90. The predicted molar refractivity (Wildman–Crippen MR) is 78.3 cm³/mol. The molecular formula is C15H23BrO. The second-order valence-electron chi connectivity index (χ2n) is 5.77. The summed E-state index contributed by atoms with van der Waals surface area (Å²) in [6, 6.07) is 6.50. The first-order valence-electron chi connectivity index (χ1n) is 6.15. The Morgan fingerprint density at radius 3 is 2.47 bits per heavy atom. The predicted octanol–water partition coefficient (Wildman–Crippen LogP) is 4.92. The van der Waals surface area contributed by atoms with Crippen LogP contribution in [-0.4, -0.2) is 11.9 Å². The summed E-state index contributed by atoms with van der Waals surface area (Å²) in [5.74, 6) is 1.56. The third-order valence-electron chi connectivity index (χ3n) is 2.86. The Morgan fingerprint density at radius 1 is 1.29 bits per heavy atom. The fraction of sp³-hybridized carbons (Fsp3) is 0.600. The SMILES string of the molecule is Cc1ccc(C(C)C)cc1OCC(C)(C)CBr. The van der Waals surface area contributed by atoms with E-state index in [1.165, 1.54) is 11.1 Å². The van der Waals surface area contributed by atoms with Gasteiger partial charge in [0.2, 0.25) is 0 Å². The van der Waals surface area contributed by atoms with Gasteiger partial charge in [0.15, 0.2) is 0 Å². The second-order valence-corrected chi connectivity index (χ2v) is 6.33. The van der Waals surface area contributed by atoms with E-state index in [-0.39, 0.29) is 5.41 Å². The molecule has 0 fully saturated rings. The van der Waals surface area contributed by atoms with Crippen LogP contribution in [-0.2, 0) is 0 Å². The maximum absolute atomic E-state index is 5.95. The van der Waals surface area contributed by atoms with Gasteiger partial charge < -0.3 is 4.74 Å². The lowest BCUT2D eigenvalue weighted by atomic mass is 9.98. The first kappa shape index (κ1) is 14.6. The molecule has 2 heteroatoms. The number of hydrogen-bond acceptors (Lipinski definition) is 1. The highest BCUT2D eigenvalue weighted by molar-refractivity contribution is 9.09. The van der Waals surface area contributed by atoms with E-state index < -0.39 is 0 Å². The van der Waals surface area contributed by atoms with Crippen molar-refractivity contribution in [1.29, 1.82) is 0 Å². The van der Waals surface area contributed by atoms with E-state index in [1.807, 2.05) is 0 Å². The van der Waals surface area contributed by atoms with Gasteiger partial charge >= 0.3 is 0 Å². The molecule has 17 heavy (non-hydrogen) atoms. The summed E-state index contributed by atoms with van der Waals surface area (Å²) in [6.07, 6.45) is 0. The van der Waals surface area contributed by atoms with E-state index in [4.69, 9.17) is 4.74 Å². The molecule has 1 aromatic carbocycles. The van der Waals surface area contributed by atoms with Gasteiger partial charge in [-0.1, -0.05) is 55.8 Å². The topological polar surface area (TPSA) is 9.23 Å². The van der Waals surface area contributed by atoms with Crippen LogP contribution in [0, 0.1) is 12.3 Å². The van der Waals surface area contributed by atoms with Gasteiger partial charge in [-0.25, -0.2) is 0 Å². The molecule has 0 aliphatic carbocycles. The normalized spacial score (nSPS) is 11.9. The number of alkyl halides is 1. The Morgan fingerprint density at radius 2 is 1.94 bits per heavy atom. The molecule has 0 radical (unpaired) electrons. The molecule has 96 valence electrons. The van der Waals surface area contributed by atoms with Crippen LogP contribution >= 0.6 is 15.9 Å². The van der Waals surface area contributed by atoms with Crippen LogP contribution in [0.1, 0.15) is 44.7 Å². The molecule has 0 bridgehead atoms. The molecule has 0 aliphatic heterocycles.